The van der Waals surface area contributed by atoms with Crippen LogP contribution in [0.4, 0.5) is 0 Å². The molecule has 6 nitrogen and oxygen atoms in total. The average Bonchev–Trinajstić information content (AvgIpc) is 3.91. The molecule has 0 radical (unpaired) electrons. The van der Waals surface area contributed by atoms with E-state index in [1.165, 1.54) is 5.39 Å². The summed E-state index contributed by atoms with van der Waals surface area (Å²) in [5.41, 5.74) is 12.8. The van der Waals surface area contributed by atoms with Gasteiger partial charge in [0, 0.05) is 49.1 Å². The number of aromatic nitrogens is 5. The summed E-state index contributed by atoms with van der Waals surface area (Å²) in [6.07, 6.45) is 0. The van der Waals surface area contributed by atoms with Gasteiger partial charge in [-0.1, -0.05) is 103 Å². The van der Waals surface area contributed by atoms with Crippen molar-refractivity contribution in [3.8, 4) is 28.3 Å². The number of fused-ring (bicyclic) bond motifs is 15. The van der Waals surface area contributed by atoms with Gasteiger partial charge in [-0.2, -0.15) is 0 Å². The van der Waals surface area contributed by atoms with Crippen LogP contribution in [-0.2, 0) is 0 Å². The Morgan fingerprint density at radius 2 is 1.13 bits per heavy atom. The smallest absolute Gasteiger partial charge is 0.160 e. The lowest BCUT2D eigenvalue weighted by Crippen LogP contribution is -1.97. The number of rotatable bonds is 3. The predicted octanol–water partition coefficient (Wildman–Crippen LogP) is 11.9. The fourth-order valence-electron chi connectivity index (χ4n) is 8.36. The molecule has 7 aromatic carbocycles. The molecule has 0 bridgehead atoms. The first-order chi connectivity index (χ1) is 26.3. The van der Waals surface area contributed by atoms with Crippen molar-refractivity contribution in [3.63, 3.8) is 0 Å². The molecule has 0 saturated heterocycles. The molecule has 0 spiro atoms. The molecule has 12 aromatic rings. The van der Waals surface area contributed by atoms with Gasteiger partial charge in [-0.05, 0) is 60.7 Å². The maximum atomic E-state index is 6.56. The van der Waals surface area contributed by atoms with Crippen molar-refractivity contribution in [2.45, 2.75) is 0 Å². The molecule has 0 N–H and O–H groups in total. The van der Waals surface area contributed by atoms with Crippen LogP contribution in [0.3, 0.4) is 0 Å². The molecule has 0 unspecified atom stereocenters. The summed E-state index contributed by atoms with van der Waals surface area (Å²) in [4.78, 5) is 15.6. The summed E-state index contributed by atoms with van der Waals surface area (Å²) < 4.78 is 11.2. The molecular weight excluding hydrogens is 651 g/mol. The first kappa shape index (κ1) is 28.4. The lowest BCUT2D eigenvalue weighted by molar-refractivity contribution is 0.672. The van der Waals surface area contributed by atoms with Crippen molar-refractivity contribution in [1.29, 1.82) is 0 Å². The number of pyridine rings is 1. The number of para-hydroxylation sites is 3. The van der Waals surface area contributed by atoms with Gasteiger partial charge in [-0.3, -0.25) is 4.40 Å². The summed E-state index contributed by atoms with van der Waals surface area (Å²) in [6.45, 7) is 0. The Bertz CT molecular complexity index is 3450. The van der Waals surface area contributed by atoms with Crippen LogP contribution in [0.5, 0.6) is 0 Å². The summed E-state index contributed by atoms with van der Waals surface area (Å²) in [5.74, 6) is 0.697. The number of benzene rings is 7. The molecule has 0 aliphatic rings. The standard InChI is InChI=1S/C47H27N5O/c1-2-12-28(13-3-1)41-35-17-6-9-19-37(35)48-46(49-41)29-22-24-30(25-23-29)51-38-20-10-7-14-31(38)32-26-27-39-42(43(32)51)50-47-34-16-5-4-15-33(34)45-44(52(39)47)36-18-8-11-21-40(36)53-45/h1-27H. The molecule has 5 heterocycles. The molecule has 0 aliphatic carbocycles. The molecule has 12 rings (SSSR count). The van der Waals surface area contributed by atoms with Crippen LogP contribution >= 0.6 is 0 Å². The average molecular weight is 678 g/mol. The molecule has 0 amide bonds. The van der Waals surface area contributed by atoms with Crippen LogP contribution in [0.25, 0.3) is 111 Å². The normalized spacial score (nSPS) is 12.2. The van der Waals surface area contributed by atoms with Gasteiger partial charge < -0.3 is 8.98 Å². The quantitative estimate of drug-likeness (QED) is 0.187. The van der Waals surface area contributed by atoms with E-state index in [9.17, 15) is 0 Å². The second-order valence-corrected chi connectivity index (χ2v) is 13.6. The van der Waals surface area contributed by atoms with Gasteiger partial charge in [0.15, 0.2) is 11.4 Å². The Kier molecular flexibility index (Phi) is 5.68. The van der Waals surface area contributed by atoms with E-state index >= 15 is 0 Å². The summed E-state index contributed by atoms with van der Waals surface area (Å²) in [7, 11) is 0. The van der Waals surface area contributed by atoms with Gasteiger partial charge in [-0.25, -0.2) is 15.0 Å². The Hall–Kier alpha value is -7.31. The molecule has 0 atom stereocenters. The molecule has 0 saturated carbocycles. The third-order valence-electron chi connectivity index (χ3n) is 10.7. The van der Waals surface area contributed by atoms with Crippen molar-refractivity contribution >= 4 is 82.2 Å². The van der Waals surface area contributed by atoms with Gasteiger partial charge in [0.1, 0.15) is 22.3 Å². The molecule has 53 heavy (non-hydrogen) atoms. The van der Waals surface area contributed by atoms with Crippen molar-refractivity contribution < 1.29 is 4.42 Å². The number of hydrogen-bond acceptors (Lipinski definition) is 4. The summed E-state index contributed by atoms with van der Waals surface area (Å²) in [6, 6.07) is 57.0. The Morgan fingerprint density at radius 1 is 0.434 bits per heavy atom. The van der Waals surface area contributed by atoms with Crippen molar-refractivity contribution in [2.75, 3.05) is 0 Å². The zero-order chi connectivity index (χ0) is 34.6. The zero-order valence-corrected chi connectivity index (χ0v) is 28.2. The van der Waals surface area contributed by atoms with E-state index < -0.39 is 0 Å². The maximum Gasteiger partial charge on any atom is 0.160 e. The van der Waals surface area contributed by atoms with Crippen molar-refractivity contribution in [3.05, 3.63) is 164 Å². The number of furan rings is 1. The third-order valence-corrected chi connectivity index (χ3v) is 10.7. The van der Waals surface area contributed by atoms with Crippen LogP contribution in [0, 0.1) is 0 Å². The lowest BCUT2D eigenvalue weighted by Gasteiger charge is -2.11. The second-order valence-electron chi connectivity index (χ2n) is 13.6. The summed E-state index contributed by atoms with van der Waals surface area (Å²) >= 11 is 0. The monoisotopic (exact) mass is 677 g/mol. The minimum absolute atomic E-state index is 0.697. The topological polar surface area (TPSA) is 61.2 Å². The highest BCUT2D eigenvalue weighted by molar-refractivity contribution is 6.22. The van der Waals surface area contributed by atoms with E-state index in [1.54, 1.807) is 0 Å². The van der Waals surface area contributed by atoms with E-state index in [-0.39, 0.29) is 0 Å². The number of imidazole rings is 1. The summed E-state index contributed by atoms with van der Waals surface area (Å²) in [5, 5.41) is 6.55. The highest BCUT2D eigenvalue weighted by Crippen LogP contribution is 2.42. The molecule has 6 heteroatoms. The van der Waals surface area contributed by atoms with E-state index in [1.807, 2.05) is 30.3 Å². The number of hydrogen-bond donors (Lipinski definition) is 0. The SMILES string of the molecule is c1ccc(-c2nc(-c3ccc(-n4c5ccccc5c5ccc6c(nc7c8ccccc8c8oc9ccccc9c8n67)c54)cc3)nc3ccccc23)cc1. The molecule has 246 valence electrons. The second kappa shape index (κ2) is 10.6. The van der Waals surface area contributed by atoms with Crippen LogP contribution < -0.4 is 0 Å². The molecule has 5 aromatic heterocycles. The minimum Gasteiger partial charge on any atom is -0.454 e. The van der Waals surface area contributed by atoms with Crippen LogP contribution in [0.15, 0.2) is 168 Å². The number of nitrogens with zero attached hydrogens (tertiary/aromatic N) is 5. The Labute approximate surface area is 301 Å². The van der Waals surface area contributed by atoms with Crippen LogP contribution in [-0.4, -0.2) is 23.9 Å². The van der Waals surface area contributed by atoms with E-state index in [4.69, 9.17) is 19.4 Å². The Balaban J connectivity index is 1.12. The van der Waals surface area contributed by atoms with Gasteiger partial charge in [0.2, 0.25) is 0 Å². The van der Waals surface area contributed by atoms with E-state index in [0.717, 1.165) is 99.4 Å². The highest BCUT2D eigenvalue weighted by atomic mass is 16.3. The first-order valence-electron chi connectivity index (χ1n) is 17.8. The lowest BCUT2D eigenvalue weighted by atomic mass is 10.1. The zero-order valence-electron chi connectivity index (χ0n) is 28.2. The molecule has 0 fully saturated rings. The highest BCUT2D eigenvalue weighted by Gasteiger charge is 2.23. The fourth-order valence-corrected chi connectivity index (χ4v) is 8.36. The van der Waals surface area contributed by atoms with Crippen LogP contribution in [0.1, 0.15) is 0 Å². The predicted molar refractivity (Wildman–Crippen MR) is 216 cm³/mol. The molecular formula is C47H27N5O. The third kappa shape index (κ3) is 3.94. The molecule has 0 aliphatic heterocycles. The van der Waals surface area contributed by atoms with Gasteiger partial charge in [0.25, 0.3) is 0 Å². The van der Waals surface area contributed by atoms with Gasteiger partial charge >= 0.3 is 0 Å². The van der Waals surface area contributed by atoms with Gasteiger partial charge in [0.05, 0.1) is 27.8 Å². The largest absolute Gasteiger partial charge is 0.454 e. The van der Waals surface area contributed by atoms with E-state index in [2.05, 4.69) is 142 Å². The first-order valence-corrected chi connectivity index (χ1v) is 17.8. The van der Waals surface area contributed by atoms with E-state index in [0.29, 0.717) is 5.82 Å². The van der Waals surface area contributed by atoms with Gasteiger partial charge in [-0.15, -0.1) is 0 Å². The van der Waals surface area contributed by atoms with Crippen LogP contribution in [0.2, 0.25) is 0 Å². The van der Waals surface area contributed by atoms with Crippen molar-refractivity contribution in [1.82, 2.24) is 23.9 Å². The minimum atomic E-state index is 0.697. The Morgan fingerprint density at radius 3 is 1.98 bits per heavy atom. The fraction of sp³-hybridized carbons (Fsp3) is 0. The maximum absolute atomic E-state index is 6.56. The van der Waals surface area contributed by atoms with Crippen molar-refractivity contribution in [2.24, 2.45) is 0 Å².